The molecule has 5 rings (SSSR count). The van der Waals surface area contributed by atoms with E-state index in [1.165, 1.54) is 53.7 Å². The van der Waals surface area contributed by atoms with Crippen molar-refractivity contribution in [1.82, 2.24) is 4.98 Å². The average Bonchev–Trinajstić information content (AvgIpc) is 3.08. The van der Waals surface area contributed by atoms with Gasteiger partial charge in [0.25, 0.3) is 0 Å². The van der Waals surface area contributed by atoms with Gasteiger partial charge in [0.15, 0.2) is 0 Å². The van der Waals surface area contributed by atoms with Gasteiger partial charge in [-0.3, -0.25) is 4.98 Å². The Hall–Kier alpha value is -2.49. The fraction of sp³-hybridized carbons (Fsp3) is 0.276. The van der Waals surface area contributed by atoms with Crippen LogP contribution in [0.5, 0.6) is 0 Å². The SMILES string of the molecule is CC(C)(C)c1cc(-c2nccc3c2sc2cc(C[Si](C)(C)C)ccc23)cc2ccccc12. The van der Waals surface area contributed by atoms with Crippen LogP contribution in [0.25, 0.3) is 42.2 Å². The summed E-state index contributed by atoms with van der Waals surface area (Å²) in [7, 11) is -1.15. The van der Waals surface area contributed by atoms with Gasteiger partial charge in [-0.15, -0.1) is 11.3 Å². The van der Waals surface area contributed by atoms with Crippen molar-refractivity contribution in [2.24, 2.45) is 0 Å². The second-order valence-electron chi connectivity index (χ2n) is 11.2. The molecule has 0 unspecified atom stereocenters. The van der Waals surface area contributed by atoms with Gasteiger partial charge in [-0.25, -0.2) is 0 Å². The number of hydrogen-bond acceptors (Lipinski definition) is 2. The zero-order valence-corrected chi connectivity index (χ0v) is 21.7. The number of rotatable bonds is 3. The van der Waals surface area contributed by atoms with Crippen molar-refractivity contribution in [3.63, 3.8) is 0 Å². The van der Waals surface area contributed by atoms with Crippen molar-refractivity contribution in [2.45, 2.75) is 51.9 Å². The first-order valence-electron chi connectivity index (χ1n) is 11.4. The Bertz CT molecular complexity index is 1460. The van der Waals surface area contributed by atoms with Gasteiger partial charge in [-0.05, 0) is 57.6 Å². The Labute approximate surface area is 196 Å². The highest BCUT2D eigenvalue weighted by atomic mass is 32.1. The van der Waals surface area contributed by atoms with Crippen LogP contribution in [-0.4, -0.2) is 13.1 Å². The van der Waals surface area contributed by atoms with Crippen molar-refractivity contribution in [2.75, 3.05) is 0 Å². The Kier molecular flexibility index (Phi) is 5.03. The summed E-state index contributed by atoms with van der Waals surface area (Å²) in [6, 6.07) is 23.9. The fourth-order valence-corrected chi connectivity index (χ4v) is 7.46. The molecule has 0 aliphatic rings. The lowest BCUT2D eigenvalue weighted by atomic mass is 9.82. The Morgan fingerprint density at radius 2 is 1.62 bits per heavy atom. The van der Waals surface area contributed by atoms with Gasteiger partial charge in [0.2, 0.25) is 0 Å². The van der Waals surface area contributed by atoms with Gasteiger partial charge >= 0.3 is 0 Å². The lowest BCUT2D eigenvalue weighted by molar-refractivity contribution is 0.596. The van der Waals surface area contributed by atoms with Crippen LogP contribution in [0.4, 0.5) is 0 Å². The van der Waals surface area contributed by atoms with E-state index in [0.717, 1.165) is 5.69 Å². The number of thiophene rings is 1. The van der Waals surface area contributed by atoms with Crippen LogP contribution in [-0.2, 0) is 11.5 Å². The molecule has 5 aromatic rings. The zero-order chi connectivity index (χ0) is 22.7. The van der Waals surface area contributed by atoms with E-state index in [4.69, 9.17) is 4.98 Å². The zero-order valence-electron chi connectivity index (χ0n) is 19.9. The summed E-state index contributed by atoms with van der Waals surface area (Å²) in [6.07, 6.45) is 1.98. The Morgan fingerprint density at radius 1 is 0.844 bits per heavy atom. The third-order valence-electron chi connectivity index (χ3n) is 6.13. The van der Waals surface area contributed by atoms with E-state index in [-0.39, 0.29) is 5.41 Å². The molecule has 2 heterocycles. The number of nitrogens with zero attached hydrogens (tertiary/aromatic N) is 1. The molecule has 0 saturated carbocycles. The van der Waals surface area contributed by atoms with Crippen molar-refractivity contribution >= 4 is 50.4 Å². The van der Waals surface area contributed by atoms with Gasteiger partial charge < -0.3 is 0 Å². The lowest BCUT2D eigenvalue weighted by Crippen LogP contribution is -2.23. The first-order valence-corrected chi connectivity index (χ1v) is 16.0. The van der Waals surface area contributed by atoms with Crippen LogP contribution in [0.2, 0.25) is 19.6 Å². The summed E-state index contributed by atoms with van der Waals surface area (Å²) in [6.45, 7) is 14.2. The summed E-state index contributed by atoms with van der Waals surface area (Å²) in [5.41, 5.74) is 5.23. The standard InChI is InChI=1S/C29H31NSSi/c1-29(2,3)25-17-21(16-20-9-7-8-10-22(20)25)27-28-24(13-14-30-27)23-12-11-19(15-26(23)31-28)18-32(4,5)6/h7-17H,18H2,1-6H3. The maximum absolute atomic E-state index is 4.90. The third-order valence-corrected chi connectivity index (χ3v) is 8.77. The molecule has 162 valence electrons. The van der Waals surface area contributed by atoms with Crippen molar-refractivity contribution in [3.05, 3.63) is 78.0 Å². The van der Waals surface area contributed by atoms with E-state index in [9.17, 15) is 0 Å². The molecule has 32 heavy (non-hydrogen) atoms. The summed E-state index contributed by atoms with van der Waals surface area (Å²) in [5, 5.41) is 5.29. The largest absolute Gasteiger partial charge is 0.255 e. The quantitative estimate of drug-likeness (QED) is 0.248. The highest BCUT2D eigenvalue weighted by molar-refractivity contribution is 7.26. The second kappa shape index (κ2) is 7.53. The Morgan fingerprint density at radius 3 is 2.38 bits per heavy atom. The number of hydrogen-bond donors (Lipinski definition) is 0. The fourth-order valence-electron chi connectivity index (χ4n) is 4.74. The molecule has 0 bridgehead atoms. The molecule has 0 radical (unpaired) electrons. The predicted octanol–water partition coefficient (Wildman–Crippen LogP) is 8.99. The van der Waals surface area contributed by atoms with E-state index in [0.29, 0.717) is 0 Å². The minimum atomic E-state index is -1.15. The van der Waals surface area contributed by atoms with E-state index < -0.39 is 8.07 Å². The molecule has 1 nitrogen and oxygen atoms in total. The molecule has 0 aliphatic heterocycles. The first-order chi connectivity index (χ1) is 15.1. The van der Waals surface area contributed by atoms with Crippen molar-refractivity contribution in [1.29, 1.82) is 0 Å². The molecule has 3 aromatic carbocycles. The minimum absolute atomic E-state index is 0.0649. The normalized spacial score (nSPS) is 12.8. The molecule has 0 N–H and O–H groups in total. The van der Waals surface area contributed by atoms with Crippen LogP contribution in [0.3, 0.4) is 0 Å². The van der Waals surface area contributed by atoms with Gasteiger partial charge in [0.05, 0.1) is 10.4 Å². The molecule has 0 fully saturated rings. The second-order valence-corrected chi connectivity index (χ2v) is 17.7. The number of fused-ring (bicyclic) bond motifs is 4. The van der Waals surface area contributed by atoms with Gasteiger partial charge in [-0.1, -0.05) is 76.8 Å². The van der Waals surface area contributed by atoms with Crippen molar-refractivity contribution < 1.29 is 0 Å². The Balaban J connectivity index is 1.74. The van der Waals surface area contributed by atoms with Crippen LogP contribution >= 0.6 is 11.3 Å². The smallest absolute Gasteiger partial charge is 0.0880 e. The maximum atomic E-state index is 4.90. The highest BCUT2D eigenvalue weighted by Gasteiger charge is 2.20. The summed E-state index contributed by atoms with van der Waals surface area (Å²) < 4.78 is 2.67. The maximum Gasteiger partial charge on any atom is 0.0880 e. The van der Waals surface area contributed by atoms with Gasteiger partial charge in [0.1, 0.15) is 0 Å². The van der Waals surface area contributed by atoms with Crippen LogP contribution in [0, 0.1) is 0 Å². The lowest BCUT2D eigenvalue weighted by Gasteiger charge is -2.22. The third kappa shape index (κ3) is 3.89. The van der Waals surface area contributed by atoms with Gasteiger partial charge in [0, 0.05) is 35.3 Å². The van der Waals surface area contributed by atoms with E-state index in [1.807, 2.05) is 17.5 Å². The monoisotopic (exact) mass is 453 g/mol. The molecule has 0 saturated heterocycles. The molecular weight excluding hydrogens is 422 g/mol. The average molecular weight is 454 g/mol. The molecule has 0 spiro atoms. The number of aromatic nitrogens is 1. The van der Waals surface area contributed by atoms with Crippen LogP contribution in [0.15, 0.2) is 66.9 Å². The predicted molar refractivity (Wildman–Crippen MR) is 146 cm³/mol. The summed E-state index contributed by atoms with van der Waals surface area (Å²) in [5.74, 6) is 0. The van der Waals surface area contributed by atoms with E-state index in [1.54, 1.807) is 0 Å². The van der Waals surface area contributed by atoms with Crippen LogP contribution < -0.4 is 0 Å². The number of pyridine rings is 1. The first kappa shape index (κ1) is 21.4. The molecule has 3 heteroatoms. The van der Waals surface area contributed by atoms with Gasteiger partial charge in [-0.2, -0.15) is 0 Å². The molecule has 0 atom stereocenters. The van der Waals surface area contributed by atoms with Crippen molar-refractivity contribution in [3.8, 4) is 11.3 Å². The topological polar surface area (TPSA) is 12.9 Å². The van der Waals surface area contributed by atoms with E-state index >= 15 is 0 Å². The molecular formula is C29H31NSSi. The summed E-state index contributed by atoms with van der Waals surface area (Å²) >= 11 is 1.89. The van der Waals surface area contributed by atoms with E-state index in [2.05, 4.69) is 101 Å². The summed E-state index contributed by atoms with van der Waals surface area (Å²) in [4.78, 5) is 4.90. The molecule has 0 aliphatic carbocycles. The molecule has 0 amide bonds. The molecule has 2 aromatic heterocycles. The minimum Gasteiger partial charge on any atom is -0.255 e. The number of benzene rings is 3. The highest BCUT2D eigenvalue weighted by Crippen LogP contribution is 2.41. The van der Waals surface area contributed by atoms with Crippen LogP contribution in [0.1, 0.15) is 31.9 Å².